The second-order valence-corrected chi connectivity index (χ2v) is 8.39. The van der Waals surface area contributed by atoms with Crippen LogP contribution in [0.2, 0.25) is 0 Å². The van der Waals surface area contributed by atoms with Crippen molar-refractivity contribution >= 4 is 26.7 Å². The molecule has 0 saturated heterocycles. The minimum atomic E-state index is 0.125. The van der Waals surface area contributed by atoms with E-state index in [9.17, 15) is 0 Å². The minimum Gasteiger partial charge on any atom is -0.375 e. The Morgan fingerprint density at radius 3 is 2.55 bits per heavy atom. The van der Waals surface area contributed by atoms with E-state index in [0.29, 0.717) is 10.5 Å². The molecular weight excluding hydrogens is 266 g/mol. The third kappa shape index (κ3) is 4.18. The molecule has 4 heteroatoms. The Balaban J connectivity index is 2.05. The third-order valence-electron chi connectivity index (χ3n) is 3.21. The summed E-state index contributed by atoms with van der Waals surface area (Å²) in [4.78, 5) is 4.29. The summed E-state index contributed by atoms with van der Waals surface area (Å²) in [6, 6.07) is 6.36. The lowest BCUT2D eigenvalue weighted by Gasteiger charge is -2.33. The molecule has 0 unspecified atom stereocenters. The number of nitrogens with one attached hydrogen (secondary N) is 1. The molecule has 0 saturated carbocycles. The van der Waals surface area contributed by atoms with Crippen molar-refractivity contribution < 1.29 is 0 Å². The zero-order valence-electron chi connectivity index (χ0n) is 13.1. The van der Waals surface area contributed by atoms with Crippen molar-refractivity contribution in [3.63, 3.8) is 0 Å². The molecule has 2 rings (SSSR count). The summed E-state index contributed by atoms with van der Waals surface area (Å²) in [6.07, 6.45) is 1.13. The van der Waals surface area contributed by atoms with Gasteiger partial charge in [0.15, 0.2) is 5.13 Å². The van der Waals surface area contributed by atoms with Crippen LogP contribution in [0.4, 0.5) is 5.13 Å². The molecule has 0 aliphatic heterocycles. The number of nitrogens with zero attached hydrogens (tertiary/aromatic N) is 1. The van der Waals surface area contributed by atoms with E-state index in [4.69, 9.17) is 5.73 Å². The minimum absolute atomic E-state index is 0.125. The van der Waals surface area contributed by atoms with Crippen molar-refractivity contribution in [1.82, 2.24) is 10.3 Å². The molecule has 0 aliphatic carbocycles. The van der Waals surface area contributed by atoms with Gasteiger partial charge in [-0.1, -0.05) is 38.2 Å². The highest BCUT2D eigenvalue weighted by Gasteiger charge is 2.24. The van der Waals surface area contributed by atoms with Crippen LogP contribution in [0.25, 0.3) is 10.2 Å². The Kier molecular flexibility index (Phi) is 4.07. The molecule has 3 N–H and O–H groups in total. The maximum absolute atomic E-state index is 5.75. The van der Waals surface area contributed by atoms with E-state index in [-0.39, 0.29) is 5.54 Å². The second kappa shape index (κ2) is 5.34. The SMILES string of the molecule is CC(C)(C)CC(C)(C)NCc1ccc2nc(N)sc2c1. The van der Waals surface area contributed by atoms with Crippen LogP contribution in [-0.2, 0) is 6.54 Å². The zero-order chi connectivity index (χ0) is 15.0. The molecule has 1 aromatic carbocycles. The topological polar surface area (TPSA) is 50.9 Å². The van der Waals surface area contributed by atoms with Gasteiger partial charge >= 0.3 is 0 Å². The fourth-order valence-electron chi connectivity index (χ4n) is 2.83. The quantitative estimate of drug-likeness (QED) is 0.888. The summed E-state index contributed by atoms with van der Waals surface area (Å²) in [5, 5.41) is 4.29. The third-order valence-corrected chi connectivity index (χ3v) is 4.06. The molecule has 0 fully saturated rings. The highest BCUT2D eigenvalue weighted by molar-refractivity contribution is 7.22. The Morgan fingerprint density at radius 1 is 1.20 bits per heavy atom. The maximum Gasteiger partial charge on any atom is 0.181 e. The van der Waals surface area contributed by atoms with Crippen LogP contribution in [-0.4, -0.2) is 10.5 Å². The molecule has 0 bridgehead atoms. The molecule has 3 nitrogen and oxygen atoms in total. The number of aromatic nitrogens is 1. The van der Waals surface area contributed by atoms with Crippen LogP contribution in [0.15, 0.2) is 18.2 Å². The van der Waals surface area contributed by atoms with Gasteiger partial charge in [0.05, 0.1) is 10.2 Å². The lowest BCUT2D eigenvalue weighted by molar-refractivity contribution is 0.241. The molecule has 0 radical (unpaired) electrons. The molecule has 0 spiro atoms. The first kappa shape index (κ1) is 15.3. The van der Waals surface area contributed by atoms with Crippen LogP contribution in [0.5, 0.6) is 0 Å². The normalized spacial score (nSPS) is 13.1. The van der Waals surface area contributed by atoms with Gasteiger partial charge in [0.1, 0.15) is 0 Å². The van der Waals surface area contributed by atoms with E-state index in [0.717, 1.165) is 23.2 Å². The average Bonchev–Trinajstić information content (AvgIpc) is 2.62. The van der Waals surface area contributed by atoms with E-state index in [1.807, 2.05) is 0 Å². The second-order valence-electron chi connectivity index (χ2n) is 7.33. The van der Waals surface area contributed by atoms with E-state index < -0.39 is 0 Å². The number of fused-ring (bicyclic) bond motifs is 1. The lowest BCUT2D eigenvalue weighted by atomic mass is 9.82. The van der Waals surface area contributed by atoms with E-state index >= 15 is 0 Å². The Morgan fingerprint density at radius 2 is 1.90 bits per heavy atom. The van der Waals surface area contributed by atoms with Crippen LogP contribution < -0.4 is 11.1 Å². The first-order valence-corrected chi connectivity index (χ1v) is 7.86. The molecule has 2 aromatic rings. The standard InChI is InChI=1S/C16H25N3S/c1-15(2,3)10-16(4,5)18-9-11-6-7-12-13(8-11)20-14(17)19-12/h6-8,18H,9-10H2,1-5H3,(H2,17,19). The number of rotatable bonds is 4. The summed E-state index contributed by atoms with van der Waals surface area (Å²) in [7, 11) is 0. The number of thiazole rings is 1. The molecule has 0 atom stereocenters. The van der Waals surface area contributed by atoms with Crippen LogP contribution in [0.1, 0.15) is 46.6 Å². The molecule has 110 valence electrons. The van der Waals surface area contributed by atoms with Gasteiger partial charge in [-0.2, -0.15) is 0 Å². The fraction of sp³-hybridized carbons (Fsp3) is 0.562. The van der Waals surface area contributed by atoms with E-state index in [1.165, 1.54) is 5.56 Å². The predicted octanol–water partition coefficient (Wildman–Crippen LogP) is 4.18. The van der Waals surface area contributed by atoms with Gasteiger partial charge in [-0.05, 0) is 43.4 Å². The van der Waals surface area contributed by atoms with Crippen molar-refractivity contribution in [3.05, 3.63) is 23.8 Å². The first-order valence-electron chi connectivity index (χ1n) is 7.05. The van der Waals surface area contributed by atoms with Crippen molar-refractivity contribution in [2.24, 2.45) is 5.41 Å². The van der Waals surface area contributed by atoms with E-state index in [1.54, 1.807) is 11.3 Å². The van der Waals surface area contributed by atoms with Crippen molar-refractivity contribution in [2.45, 2.75) is 53.1 Å². The lowest BCUT2D eigenvalue weighted by Crippen LogP contribution is -2.41. The molecule has 1 aromatic heterocycles. The smallest absolute Gasteiger partial charge is 0.181 e. The average molecular weight is 291 g/mol. The number of anilines is 1. The number of hydrogen-bond donors (Lipinski definition) is 2. The molecule has 20 heavy (non-hydrogen) atoms. The summed E-state index contributed by atoms with van der Waals surface area (Å²) >= 11 is 1.55. The number of benzene rings is 1. The maximum atomic E-state index is 5.75. The number of nitrogens with two attached hydrogens (primary N) is 1. The van der Waals surface area contributed by atoms with Crippen molar-refractivity contribution in [1.29, 1.82) is 0 Å². The molecule has 0 amide bonds. The monoisotopic (exact) mass is 291 g/mol. The predicted molar refractivity (Wildman–Crippen MR) is 89.0 cm³/mol. The fourth-order valence-corrected chi connectivity index (χ4v) is 3.62. The van der Waals surface area contributed by atoms with Crippen LogP contribution >= 0.6 is 11.3 Å². The molecule has 1 heterocycles. The highest BCUT2D eigenvalue weighted by Crippen LogP contribution is 2.28. The largest absolute Gasteiger partial charge is 0.375 e. The first-order chi connectivity index (χ1) is 9.15. The van der Waals surface area contributed by atoms with Gasteiger partial charge in [-0.3, -0.25) is 0 Å². The molecule has 0 aliphatic rings. The van der Waals surface area contributed by atoms with Gasteiger partial charge in [-0.15, -0.1) is 0 Å². The number of nitrogen functional groups attached to an aromatic ring is 1. The van der Waals surface area contributed by atoms with Gasteiger partial charge in [0.2, 0.25) is 0 Å². The van der Waals surface area contributed by atoms with Crippen molar-refractivity contribution in [2.75, 3.05) is 5.73 Å². The summed E-state index contributed by atoms with van der Waals surface area (Å²) in [5.41, 5.74) is 8.47. The summed E-state index contributed by atoms with van der Waals surface area (Å²) in [6.45, 7) is 12.2. The van der Waals surface area contributed by atoms with Gasteiger partial charge < -0.3 is 11.1 Å². The van der Waals surface area contributed by atoms with Crippen LogP contribution in [0.3, 0.4) is 0 Å². The van der Waals surface area contributed by atoms with Crippen molar-refractivity contribution in [3.8, 4) is 0 Å². The summed E-state index contributed by atoms with van der Waals surface area (Å²) in [5.74, 6) is 0. The van der Waals surface area contributed by atoms with Gasteiger partial charge in [-0.25, -0.2) is 4.98 Å². The van der Waals surface area contributed by atoms with Gasteiger partial charge in [0, 0.05) is 12.1 Å². The Hall–Kier alpha value is -1.13. The Labute approximate surface area is 125 Å². The van der Waals surface area contributed by atoms with Crippen LogP contribution in [0, 0.1) is 5.41 Å². The highest BCUT2D eigenvalue weighted by atomic mass is 32.1. The van der Waals surface area contributed by atoms with Gasteiger partial charge in [0.25, 0.3) is 0 Å². The summed E-state index contributed by atoms with van der Waals surface area (Å²) < 4.78 is 1.16. The number of hydrogen-bond acceptors (Lipinski definition) is 4. The molecular formula is C16H25N3S. The zero-order valence-corrected chi connectivity index (χ0v) is 13.9. The van der Waals surface area contributed by atoms with E-state index in [2.05, 4.69) is 63.1 Å². The Bertz CT molecular complexity index is 593.